The van der Waals surface area contributed by atoms with Crippen LogP contribution in [0.4, 0.5) is 5.13 Å². The van der Waals surface area contributed by atoms with Gasteiger partial charge in [-0.1, -0.05) is 35.9 Å². The van der Waals surface area contributed by atoms with Crippen molar-refractivity contribution >= 4 is 38.3 Å². The van der Waals surface area contributed by atoms with Gasteiger partial charge in [-0.25, -0.2) is 13.4 Å². The lowest BCUT2D eigenvalue weighted by Crippen LogP contribution is -2.50. The van der Waals surface area contributed by atoms with E-state index in [1.165, 1.54) is 23.5 Å². The number of methoxy groups -OCH3 is 1. The lowest BCUT2D eigenvalue weighted by atomic mass is 10.2. The summed E-state index contributed by atoms with van der Waals surface area (Å²) >= 11 is 1.20. The van der Waals surface area contributed by atoms with Crippen LogP contribution in [-0.2, 0) is 14.8 Å². The summed E-state index contributed by atoms with van der Waals surface area (Å²) in [6.45, 7) is 1.56. The minimum atomic E-state index is -4.06. The van der Waals surface area contributed by atoms with Crippen LogP contribution < -0.4 is 20.1 Å². The van der Waals surface area contributed by atoms with Crippen molar-refractivity contribution in [3.05, 3.63) is 95.4 Å². The highest BCUT2D eigenvalue weighted by molar-refractivity contribution is 7.89. The second-order valence-electron chi connectivity index (χ2n) is 8.32. The normalized spacial score (nSPS) is 11.9. The molecule has 1 aromatic heterocycles. The van der Waals surface area contributed by atoms with Gasteiger partial charge in [0, 0.05) is 23.1 Å². The standard InChI is InChI=1S/C27H26N4O5S2/c1-18-8-14-22(15-9-18)38(34,35)31-23(16-28-25(32)20-6-4-3-5-7-20)26(33)30-27-29-24(17-37-27)19-10-12-21(36-2)13-11-19/h3-15,17,23,31H,16H2,1-2H3,(H,28,32)(H,29,30,33)/t23-/m0/s1. The minimum Gasteiger partial charge on any atom is -0.497 e. The number of hydrogen-bond acceptors (Lipinski definition) is 7. The Morgan fingerprint density at radius 3 is 2.32 bits per heavy atom. The van der Waals surface area contributed by atoms with Gasteiger partial charge in [0.15, 0.2) is 5.13 Å². The summed E-state index contributed by atoms with van der Waals surface area (Å²) in [6.07, 6.45) is 0. The van der Waals surface area contributed by atoms with Crippen LogP contribution in [0.15, 0.2) is 89.1 Å². The number of ether oxygens (including phenoxy) is 1. The quantitative estimate of drug-likeness (QED) is 0.275. The fourth-order valence-electron chi connectivity index (χ4n) is 3.47. The van der Waals surface area contributed by atoms with Gasteiger partial charge < -0.3 is 15.4 Å². The Morgan fingerprint density at radius 2 is 1.66 bits per heavy atom. The Morgan fingerprint density at radius 1 is 0.974 bits per heavy atom. The molecule has 9 nitrogen and oxygen atoms in total. The summed E-state index contributed by atoms with van der Waals surface area (Å²) in [6, 6.07) is 20.7. The number of aromatic nitrogens is 1. The number of carbonyl (C=O) groups is 2. The fourth-order valence-corrected chi connectivity index (χ4v) is 5.38. The lowest BCUT2D eigenvalue weighted by molar-refractivity contribution is -0.117. The molecule has 4 aromatic rings. The average Bonchev–Trinajstić information content (AvgIpc) is 3.40. The molecule has 0 fully saturated rings. The van der Waals surface area contributed by atoms with Crippen molar-refractivity contribution in [2.75, 3.05) is 19.0 Å². The van der Waals surface area contributed by atoms with E-state index in [0.29, 0.717) is 17.0 Å². The Hall–Kier alpha value is -4.06. The maximum Gasteiger partial charge on any atom is 0.251 e. The number of benzene rings is 3. The molecule has 0 aliphatic heterocycles. The van der Waals surface area contributed by atoms with E-state index in [9.17, 15) is 18.0 Å². The van der Waals surface area contributed by atoms with Gasteiger partial charge in [-0.2, -0.15) is 4.72 Å². The van der Waals surface area contributed by atoms with Crippen molar-refractivity contribution in [3.8, 4) is 17.0 Å². The maximum absolute atomic E-state index is 13.2. The Bertz CT molecular complexity index is 1500. The van der Waals surface area contributed by atoms with Crippen LogP contribution in [0, 0.1) is 6.92 Å². The van der Waals surface area contributed by atoms with E-state index in [2.05, 4.69) is 20.3 Å². The molecule has 1 heterocycles. The molecule has 0 unspecified atom stereocenters. The second kappa shape index (κ2) is 12.0. The zero-order chi connectivity index (χ0) is 27.1. The molecule has 3 aromatic carbocycles. The summed E-state index contributed by atoms with van der Waals surface area (Å²) in [5, 5.41) is 7.37. The summed E-state index contributed by atoms with van der Waals surface area (Å²) in [4.78, 5) is 30.2. The van der Waals surface area contributed by atoms with E-state index in [0.717, 1.165) is 11.1 Å². The van der Waals surface area contributed by atoms with E-state index in [4.69, 9.17) is 4.74 Å². The minimum absolute atomic E-state index is 0.00586. The summed E-state index contributed by atoms with van der Waals surface area (Å²) in [5.74, 6) is -0.391. The largest absolute Gasteiger partial charge is 0.497 e. The molecule has 0 radical (unpaired) electrons. The van der Waals surface area contributed by atoms with Crippen LogP contribution in [0.5, 0.6) is 5.75 Å². The third kappa shape index (κ3) is 6.82. The summed E-state index contributed by atoms with van der Waals surface area (Å²) < 4.78 is 33.7. The monoisotopic (exact) mass is 550 g/mol. The topological polar surface area (TPSA) is 126 Å². The van der Waals surface area contributed by atoms with Gasteiger partial charge in [-0.3, -0.25) is 9.59 Å². The average molecular weight is 551 g/mol. The first-order valence-electron chi connectivity index (χ1n) is 11.6. The van der Waals surface area contributed by atoms with Gasteiger partial charge in [0.1, 0.15) is 11.8 Å². The fraction of sp³-hybridized carbons (Fsp3) is 0.148. The zero-order valence-corrected chi connectivity index (χ0v) is 22.3. The lowest BCUT2D eigenvalue weighted by Gasteiger charge is -2.18. The number of anilines is 1. The molecule has 0 spiro atoms. The number of aryl methyl sites for hydroxylation is 1. The van der Waals surface area contributed by atoms with E-state index in [1.54, 1.807) is 67.1 Å². The molecule has 4 rings (SSSR count). The molecule has 0 aliphatic carbocycles. The third-order valence-electron chi connectivity index (χ3n) is 5.57. The number of sulfonamides is 1. The molecule has 11 heteroatoms. The summed E-state index contributed by atoms with van der Waals surface area (Å²) in [7, 11) is -2.48. The first-order chi connectivity index (χ1) is 18.2. The van der Waals surface area contributed by atoms with E-state index >= 15 is 0 Å². The number of nitrogens with zero attached hydrogens (tertiary/aromatic N) is 1. The predicted molar refractivity (Wildman–Crippen MR) is 147 cm³/mol. The SMILES string of the molecule is COc1ccc(-c2csc(NC(=O)[C@H](CNC(=O)c3ccccc3)NS(=O)(=O)c3ccc(C)cc3)n2)cc1. The van der Waals surface area contributed by atoms with E-state index in [1.807, 2.05) is 19.1 Å². The molecule has 196 valence electrons. The Kier molecular flexibility index (Phi) is 8.52. The first kappa shape index (κ1) is 27.0. The number of rotatable bonds is 10. The van der Waals surface area contributed by atoms with E-state index < -0.39 is 27.9 Å². The van der Waals surface area contributed by atoms with Crippen LogP contribution >= 0.6 is 11.3 Å². The molecule has 0 bridgehead atoms. The van der Waals surface area contributed by atoms with Crippen molar-refractivity contribution in [2.45, 2.75) is 17.9 Å². The molecule has 0 aliphatic rings. The summed E-state index contributed by atoms with van der Waals surface area (Å²) in [5.41, 5.74) is 2.75. The number of carbonyl (C=O) groups excluding carboxylic acids is 2. The number of amides is 2. The molecule has 2 amide bonds. The first-order valence-corrected chi connectivity index (χ1v) is 13.9. The van der Waals surface area contributed by atoms with Gasteiger partial charge in [-0.05, 0) is 55.5 Å². The van der Waals surface area contributed by atoms with Crippen molar-refractivity contribution in [1.82, 2.24) is 15.0 Å². The van der Waals surface area contributed by atoms with Gasteiger partial charge >= 0.3 is 0 Å². The van der Waals surface area contributed by atoms with Gasteiger partial charge in [0.2, 0.25) is 15.9 Å². The van der Waals surface area contributed by atoms with Gasteiger partial charge in [0.25, 0.3) is 5.91 Å². The zero-order valence-electron chi connectivity index (χ0n) is 20.7. The van der Waals surface area contributed by atoms with Crippen LogP contribution in [0.1, 0.15) is 15.9 Å². The third-order valence-corrected chi connectivity index (χ3v) is 7.81. The van der Waals surface area contributed by atoms with Crippen molar-refractivity contribution in [3.63, 3.8) is 0 Å². The van der Waals surface area contributed by atoms with Crippen LogP contribution in [0.25, 0.3) is 11.3 Å². The second-order valence-corrected chi connectivity index (χ2v) is 10.9. The molecule has 3 N–H and O–H groups in total. The predicted octanol–water partition coefficient (Wildman–Crippen LogP) is 3.84. The molecule has 1 atom stereocenters. The highest BCUT2D eigenvalue weighted by Gasteiger charge is 2.27. The maximum atomic E-state index is 13.2. The van der Waals surface area contributed by atoms with Crippen molar-refractivity contribution in [2.24, 2.45) is 0 Å². The van der Waals surface area contributed by atoms with Gasteiger partial charge in [0.05, 0.1) is 17.7 Å². The molecular formula is C27H26N4O5S2. The molecule has 38 heavy (non-hydrogen) atoms. The van der Waals surface area contributed by atoms with E-state index in [-0.39, 0.29) is 16.6 Å². The smallest absolute Gasteiger partial charge is 0.251 e. The molecule has 0 saturated carbocycles. The van der Waals surface area contributed by atoms with Crippen molar-refractivity contribution in [1.29, 1.82) is 0 Å². The molecule has 0 saturated heterocycles. The van der Waals surface area contributed by atoms with Crippen LogP contribution in [0.2, 0.25) is 0 Å². The Balaban J connectivity index is 1.51. The molecular weight excluding hydrogens is 524 g/mol. The highest BCUT2D eigenvalue weighted by atomic mass is 32.2. The number of nitrogens with one attached hydrogen (secondary N) is 3. The highest BCUT2D eigenvalue weighted by Crippen LogP contribution is 2.26. The van der Waals surface area contributed by atoms with Crippen molar-refractivity contribution < 1.29 is 22.7 Å². The van der Waals surface area contributed by atoms with Crippen LogP contribution in [0.3, 0.4) is 0 Å². The number of thiazole rings is 1. The Labute approximate surface area is 224 Å². The number of hydrogen-bond donors (Lipinski definition) is 3. The van der Waals surface area contributed by atoms with Gasteiger partial charge in [-0.15, -0.1) is 11.3 Å². The van der Waals surface area contributed by atoms with Crippen LogP contribution in [-0.4, -0.2) is 44.9 Å².